The second-order valence-electron chi connectivity index (χ2n) is 18.4. The molecular weight excluding hydrogens is 841 g/mol. The van der Waals surface area contributed by atoms with Crippen molar-refractivity contribution < 1.29 is 4.42 Å². The average Bonchev–Trinajstić information content (AvgIpc) is 4.09. The lowest BCUT2D eigenvalue weighted by Gasteiger charge is -2.28. The molecule has 0 amide bonds. The third-order valence-corrected chi connectivity index (χ3v) is 14.5. The molecule has 8 aromatic carbocycles. The molecule has 1 N–H and O–H groups in total. The van der Waals surface area contributed by atoms with Gasteiger partial charge in [-0.05, 0) is 109 Å². The molecule has 1 unspecified atom stereocenters. The molecular formula is C64H46N4O. The molecule has 0 bridgehead atoms. The molecule has 0 saturated heterocycles. The third kappa shape index (κ3) is 6.34. The van der Waals surface area contributed by atoms with Crippen LogP contribution in [0, 0.1) is 0 Å². The number of aliphatic imine (C=N–C) groups is 1. The van der Waals surface area contributed by atoms with Gasteiger partial charge in [0.05, 0.1) is 50.3 Å². The summed E-state index contributed by atoms with van der Waals surface area (Å²) in [6.45, 7) is 0. The van der Waals surface area contributed by atoms with E-state index >= 15 is 0 Å². The number of hydrogen-bond donors (Lipinski definition) is 1. The molecule has 0 radical (unpaired) electrons. The van der Waals surface area contributed by atoms with E-state index in [-0.39, 0.29) is 6.04 Å². The molecule has 0 saturated carbocycles. The Labute approximate surface area is 399 Å². The molecule has 0 spiro atoms. The Bertz CT molecular complexity index is 4020. The van der Waals surface area contributed by atoms with E-state index in [1.165, 1.54) is 11.0 Å². The zero-order valence-electron chi connectivity index (χ0n) is 37.9. The van der Waals surface area contributed by atoms with Crippen LogP contribution < -0.4 is 5.32 Å². The Hall–Kier alpha value is -8.67. The van der Waals surface area contributed by atoms with E-state index in [1.807, 2.05) is 0 Å². The first-order valence-electron chi connectivity index (χ1n) is 24.2. The fourth-order valence-electron chi connectivity index (χ4n) is 11.3. The van der Waals surface area contributed by atoms with Gasteiger partial charge in [-0.25, -0.2) is 4.99 Å². The number of rotatable bonds is 7. The lowest BCUT2D eigenvalue weighted by molar-refractivity contribution is 0.677. The van der Waals surface area contributed by atoms with Crippen LogP contribution in [-0.4, -0.2) is 21.0 Å². The number of amidine groups is 1. The lowest BCUT2D eigenvalue weighted by Crippen LogP contribution is -2.38. The topological polar surface area (TPSA) is 47.4 Å². The Morgan fingerprint density at radius 3 is 1.72 bits per heavy atom. The van der Waals surface area contributed by atoms with Crippen molar-refractivity contribution in [2.45, 2.75) is 31.7 Å². The van der Waals surface area contributed by atoms with E-state index < -0.39 is 0 Å². The fraction of sp³-hybridized carbons (Fsp3) is 0.0781. The number of furan rings is 1. The minimum atomic E-state index is 0.0216. The van der Waals surface area contributed by atoms with Crippen molar-refractivity contribution in [3.8, 4) is 33.6 Å². The predicted molar refractivity (Wildman–Crippen MR) is 289 cm³/mol. The van der Waals surface area contributed by atoms with E-state index in [0.717, 1.165) is 142 Å². The van der Waals surface area contributed by atoms with Crippen LogP contribution in [0.3, 0.4) is 0 Å². The fourth-order valence-corrected chi connectivity index (χ4v) is 11.3. The maximum Gasteiger partial charge on any atom is 0.145 e. The number of nitrogens with zero attached hydrogens (tertiary/aromatic N) is 3. The summed E-state index contributed by atoms with van der Waals surface area (Å²) in [6.07, 6.45) is 20.0. The van der Waals surface area contributed by atoms with Gasteiger partial charge in [-0.1, -0.05) is 152 Å². The summed E-state index contributed by atoms with van der Waals surface area (Å²) in [5.74, 6) is 0.926. The molecule has 4 heterocycles. The van der Waals surface area contributed by atoms with E-state index in [9.17, 15) is 0 Å². The highest BCUT2D eigenvalue weighted by molar-refractivity contribution is 6.29. The van der Waals surface area contributed by atoms with Crippen LogP contribution in [0.1, 0.15) is 31.2 Å². The highest BCUT2D eigenvalue weighted by Crippen LogP contribution is 2.48. The minimum Gasteiger partial charge on any atom is -0.455 e. The van der Waals surface area contributed by atoms with Crippen LogP contribution in [0.5, 0.6) is 0 Å². The van der Waals surface area contributed by atoms with Crippen molar-refractivity contribution in [3.63, 3.8) is 0 Å². The highest BCUT2D eigenvalue weighted by Gasteiger charge is 2.28. The van der Waals surface area contributed by atoms with Crippen molar-refractivity contribution in [1.82, 2.24) is 14.5 Å². The van der Waals surface area contributed by atoms with Crippen molar-refractivity contribution in [2.24, 2.45) is 4.99 Å². The molecule has 328 valence electrons. The zero-order chi connectivity index (χ0) is 45.4. The van der Waals surface area contributed by atoms with Crippen LogP contribution in [0.25, 0.3) is 105 Å². The van der Waals surface area contributed by atoms with Gasteiger partial charge in [-0.3, -0.25) is 0 Å². The summed E-state index contributed by atoms with van der Waals surface area (Å²) in [6, 6.07) is 63.8. The van der Waals surface area contributed by atoms with Crippen LogP contribution in [0.4, 0.5) is 0 Å². The monoisotopic (exact) mass is 886 g/mol. The second-order valence-corrected chi connectivity index (χ2v) is 18.4. The smallest absolute Gasteiger partial charge is 0.145 e. The normalized spacial score (nSPS) is 16.1. The molecule has 14 rings (SSSR count). The molecule has 11 aromatic rings. The van der Waals surface area contributed by atoms with E-state index in [1.54, 1.807) is 0 Å². The number of fused-ring (bicyclic) bond motifs is 11. The predicted octanol–water partition coefficient (Wildman–Crippen LogP) is 16.4. The largest absolute Gasteiger partial charge is 0.455 e. The summed E-state index contributed by atoms with van der Waals surface area (Å²) in [5.41, 5.74) is 17.6. The molecule has 3 aliphatic rings. The van der Waals surface area contributed by atoms with Crippen molar-refractivity contribution in [2.75, 3.05) is 0 Å². The standard InChI is InChI=1S/C64H46N4O/c1-6-20-41(21-7-1)51-38-45(54-40-53(43-24-10-3-11-25-43)65-64(66-54)44-26-12-4-13-27-44)39-52(42-22-8-2-9-23-42)61(51)68-56-33-19-17-31-50(56)60-58(68)37-35-48-47-34-36-57-59(62(47)69-63(48)60)49-30-16-18-32-55(49)67(57)46-28-14-5-15-29-46/h1-3,5-10,12,14-24,26-40,53H,4,11,13,25H2,(H,65,66). The second kappa shape index (κ2) is 16.0. The van der Waals surface area contributed by atoms with Gasteiger partial charge in [-0.15, -0.1) is 0 Å². The van der Waals surface area contributed by atoms with Gasteiger partial charge in [0, 0.05) is 49.5 Å². The first-order chi connectivity index (χ1) is 34.2. The Balaban J connectivity index is 1.06. The maximum absolute atomic E-state index is 7.37. The molecule has 1 atom stereocenters. The first-order valence-corrected chi connectivity index (χ1v) is 24.2. The van der Waals surface area contributed by atoms with Crippen LogP contribution >= 0.6 is 0 Å². The van der Waals surface area contributed by atoms with Gasteiger partial charge in [-0.2, -0.15) is 0 Å². The average molecular weight is 887 g/mol. The summed E-state index contributed by atoms with van der Waals surface area (Å²) < 4.78 is 12.2. The molecule has 3 aromatic heterocycles. The molecule has 69 heavy (non-hydrogen) atoms. The van der Waals surface area contributed by atoms with E-state index in [2.05, 4.69) is 233 Å². The minimum absolute atomic E-state index is 0.0216. The van der Waals surface area contributed by atoms with Crippen molar-refractivity contribution in [1.29, 1.82) is 0 Å². The van der Waals surface area contributed by atoms with E-state index in [0.29, 0.717) is 0 Å². The molecule has 5 heteroatoms. The van der Waals surface area contributed by atoms with Gasteiger partial charge < -0.3 is 18.9 Å². The first kappa shape index (κ1) is 39.5. The zero-order valence-corrected chi connectivity index (χ0v) is 37.9. The highest BCUT2D eigenvalue weighted by atomic mass is 16.3. The molecule has 0 fully saturated rings. The quantitative estimate of drug-likeness (QED) is 0.173. The number of benzene rings is 8. The van der Waals surface area contributed by atoms with Gasteiger partial charge in [0.15, 0.2) is 0 Å². The molecule has 2 aliphatic carbocycles. The third-order valence-electron chi connectivity index (χ3n) is 14.5. The Morgan fingerprint density at radius 2 is 1.12 bits per heavy atom. The van der Waals surface area contributed by atoms with E-state index in [4.69, 9.17) is 9.41 Å². The lowest BCUT2D eigenvalue weighted by atomic mass is 9.90. The summed E-state index contributed by atoms with van der Waals surface area (Å²) >= 11 is 0. The van der Waals surface area contributed by atoms with Gasteiger partial charge in [0.2, 0.25) is 0 Å². The summed E-state index contributed by atoms with van der Waals surface area (Å²) in [4.78, 5) is 5.48. The molecule has 5 nitrogen and oxygen atoms in total. The van der Waals surface area contributed by atoms with Gasteiger partial charge >= 0.3 is 0 Å². The van der Waals surface area contributed by atoms with Crippen molar-refractivity contribution in [3.05, 3.63) is 235 Å². The van der Waals surface area contributed by atoms with Crippen LogP contribution in [-0.2, 0) is 0 Å². The number of allylic oxidation sites excluding steroid dienone is 5. The van der Waals surface area contributed by atoms with Crippen molar-refractivity contribution >= 4 is 77.1 Å². The Morgan fingerprint density at radius 1 is 0.522 bits per heavy atom. The summed E-state index contributed by atoms with van der Waals surface area (Å²) in [5, 5.41) is 10.6. The van der Waals surface area contributed by atoms with Crippen LogP contribution in [0.15, 0.2) is 239 Å². The SMILES string of the molecule is C1=CCCC(C2C=C(c3cc(-c4ccccc4)c(-n4c5ccccc5c5c6oc7c(ccc8c7c7ccccc7n8-c7ccccc7)c6ccc54)c(-c4ccccc4)c3)N=C(C3=CCCC=C3)N2)=C1. The van der Waals surface area contributed by atoms with Gasteiger partial charge in [0.25, 0.3) is 0 Å². The number of nitrogens with one attached hydrogen (secondary N) is 1. The molecule has 1 aliphatic heterocycles. The van der Waals surface area contributed by atoms with Gasteiger partial charge in [0.1, 0.15) is 17.0 Å². The Kier molecular flexibility index (Phi) is 9.16. The number of hydrogen-bond acceptors (Lipinski definition) is 3. The number of para-hydroxylation sites is 3. The number of aromatic nitrogens is 2. The summed E-state index contributed by atoms with van der Waals surface area (Å²) in [7, 11) is 0. The van der Waals surface area contributed by atoms with Crippen LogP contribution in [0.2, 0.25) is 0 Å². The maximum atomic E-state index is 7.37.